The van der Waals surface area contributed by atoms with Gasteiger partial charge in [-0.15, -0.1) is 0 Å². The SMILES string of the molecule is CCC(C)C(CO)NC(=O)c1c(C)nc2c(OCc3c(F)cccc3F)cccn12. The van der Waals surface area contributed by atoms with E-state index in [1.807, 2.05) is 13.8 Å². The first-order chi connectivity index (χ1) is 14.4. The maximum absolute atomic E-state index is 13.9. The molecule has 0 fully saturated rings. The van der Waals surface area contributed by atoms with E-state index in [1.54, 1.807) is 29.7 Å². The number of rotatable bonds is 8. The van der Waals surface area contributed by atoms with Gasteiger partial charge in [-0.05, 0) is 37.1 Å². The number of carbonyl (C=O) groups excluding carboxylic acids is 1. The fourth-order valence-electron chi connectivity index (χ4n) is 3.25. The Labute approximate surface area is 173 Å². The van der Waals surface area contributed by atoms with Crippen molar-refractivity contribution >= 4 is 11.6 Å². The highest BCUT2D eigenvalue weighted by Gasteiger charge is 2.23. The van der Waals surface area contributed by atoms with E-state index in [0.29, 0.717) is 22.8 Å². The number of nitrogens with zero attached hydrogens (tertiary/aromatic N) is 2. The smallest absolute Gasteiger partial charge is 0.270 e. The third-order valence-corrected chi connectivity index (χ3v) is 5.28. The van der Waals surface area contributed by atoms with E-state index in [-0.39, 0.29) is 36.6 Å². The topological polar surface area (TPSA) is 75.9 Å². The number of nitrogens with one attached hydrogen (secondary N) is 1. The van der Waals surface area contributed by atoms with Gasteiger partial charge in [-0.2, -0.15) is 0 Å². The Kier molecular flexibility index (Phi) is 6.66. The van der Waals surface area contributed by atoms with Crippen LogP contribution in [0.2, 0.25) is 0 Å². The molecule has 0 radical (unpaired) electrons. The molecule has 2 heterocycles. The maximum atomic E-state index is 13.9. The van der Waals surface area contributed by atoms with Gasteiger partial charge in [0.05, 0.1) is 23.9 Å². The number of fused-ring (bicyclic) bond motifs is 1. The van der Waals surface area contributed by atoms with Crippen LogP contribution in [-0.4, -0.2) is 33.0 Å². The number of pyridine rings is 1. The van der Waals surface area contributed by atoms with Crippen LogP contribution in [0, 0.1) is 24.5 Å². The lowest BCUT2D eigenvalue weighted by molar-refractivity contribution is 0.0884. The Bertz CT molecular complexity index is 1030. The predicted molar refractivity (Wildman–Crippen MR) is 108 cm³/mol. The number of aliphatic hydroxyl groups is 1. The molecule has 1 amide bonds. The maximum Gasteiger partial charge on any atom is 0.270 e. The molecule has 0 bridgehead atoms. The van der Waals surface area contributed by atoms with E-state index in [1.165, 1.54) is 18.2 Å². The van der Waals surface area contributed by atoms with Crippen molar-refractivity contribution < 1.29 is 23.4 Å². The van der Waals surface area contributed by atoms with Gasteiger partial charge in [0, 0.05) is 6.20 Å². The largest absolute Gasteiger partial charge is 0.485 e. The molecule has 2 atom stereocenters. The number of imidazole rings is 1. The number of hydrogen-bond acceptors (Lipinski definition) is 4. The lowest BCUT2D eigenvalue weighted by Crippen LogP contribution is -2.42. The summed E-state index contributed by atoms with van der Waals surface area (Å²) in [5.41, 5.74) is 0.969. The van der Waals surface area contributed by atoms with E-state index >= 15 is 0 Å². The first kappa shape index (κ1) is 21.7. The number of halogens is 2. The quantitative estimate of drug-likeness (QED) is 0.587. The van der Waals surface area contributed by atoms with Crippen molar-refractivity contribution in [1.82, 2.24) is 14.7 Å². The Morgan fingerprint density at radius 3 is 2.60 bits per heavy atom. The van der Waals surface area contributed by atoms with Crippen molar-refractivity contribution in [1.29, 1.82) is 0 Å². The summed E-state index contributed by atoms with van der Waals surface area (Å²) in [5.74, 6) is -1.35. The van der Waals surface area contributed by atoms with Crippen molar-refractivity contribution in [3.8, 4) is 5.75 Å². The molecule has 0 spiro atoms. The number of benzene rings is 1. The summed E-state index contributed by atoms with van der Waals surface area (Å²) in [7, 11) is 0. The van der Waals surface area contributed by atoms with Crippen molar-refractivity contribution in [2.45, 2.75) is 39.8 Å². The molecular formula is C22H25F2N3O3. The number of aryl methyl sites for hydroxylation is 1. The average molecular weight is 417 g/mol. The van der Waals surface area contributed by atoms with Crippen LogP contribution in [0.3, 0.4) is 0 Å². The van der Waals surface area contributed by atoms with Crippen molar-refractivity contribution in [2.75, 3.05) is 6.61 Å². The molecule has 2 unspecified atom stereocenters. The van der Waals surface area contributed by atoms with Crippen LogP contribution in [0.5, 0.6) is 5.75 Å². The second-order valence-corrected chi connectivity index (χ2v) is 7.25. The zero-order valence-electron chi connectivity index (χ0n) is 17.2. The molecule has 0 aliphatic heterocycles. The second kappa shape index (κ2) is 9.21. The lowest BCUT2D eigenvalue weighted by Gasteiger charge is -2.22. The summed E-state index contributed by atoms with van der Waals surface area (Å²) < 4.78 is 35.0. The third kappa shape index (κ3) is 4.28. The van der Waals surface area contributed by atoms with Gasteiger partial charge in [0.25, 0.3) is 5.91 Å². The Morgan fingerprint density at radius 2 is 1.97 bits per heavy atom. The zero-order valence-corrected chi connectivity index (χ0v) is 17.2. The summed E-state index contributed by atoms with van der Waals surface area (Å²) in [6.45, 7) is 5.15. The standard InChI is InChI=1S/C22H25F2N3O3/c1-4-13(2)18(11-28)26-22(29)20-14(3)25-21-19(9-6-10-27(20)21)30-12-15-16(23)7-5-8-17(15)24/h5-10,13,18,28H,4,11-12H2,1-3H3,(H,26,29). The van der Waals surface area contributed by atoms with Crippen LogP contribution in [0.4, 0.5) is 8.78 Å². The summed E-state index contributed by atoms with van der Waals surface area (Å²) in [4.78, 5) is 17.3. The molecule has 1 aromatic carbocycles. The Balaban J connectivity index is 1.89. The fraction of sp³-hybridized carbons (Fsp3) is 0.364. The van der Waals surface area contributed by atoms with Crippen LogP contribution >= 0.6 is 0 Å². The summed E-state index contributed by atoms with van der Waals surface area (Å²) in [5, 5.41) is 12.5. The lowest BCUT2D eigenvalue weighted by atomic mass is 10.00. The van der Waals surface area contributed by atoms with E-state index in [2.05, 4.69) is 10.3 Å². The highest BCUT2D eigenvalue weighted by molar-refractivity contribution is 5.95. The Morgan fingerprint density at radius 1 is 1.27 bits per heavy atom. The number of amides is 1. The minimum Gasteiger partial charge on any atom is -0.485 e. The van der Waals surface area contributed by atoms with Crippen LogP contribution in [-0.2, 0) is 6.61 Å². The normalized spacial score (nSPS) is 13.3. The van der Waals surface area contributed by atoms with Crippen LogP contribution < -0.4 is 10.1 Å². The highest BCUT2D eigenvalue weighted by Crippen LogP contribution is 2.24. The van der Waals surface area contributed by atoms with Gasteiger partial charge in [0.1, 0.15) is 23.9 Å². The number of carbonyl (C=O) groups is 1. The summed E-state index contributed by atoms with van der Waals surface area (Å²) >= 11 is 0. The Hall–Kier alpha value is -3.00. The second-order valence-electron chi connectivity index (χ2n) is 7.25. The molecule has 0 saturated carbocycles. The number of aromatic nitrogens is 2. The molecule has 30 heavy (non-hydrogen) atoms. The predicted octanol–water partition coefficient (Wildman–Crippen LogP) is 3.64. The number of aliphatic hydroxyl groups excluding tert-OH is 1. The van der Waals surface area contributed by atoms with E-state index < -0.39 is 11.6 Å². The van der Waals surface area contributed by atoms with Crippen molar-refractivity contribution in [2.24, 2.45) is 5.92 Å². The molecule has 0 saturated heterocycles. The highest BCUT2D eigenvalue weighted by atomic mass is 19.1. The van der Waals surface area contributed by atoms with Crippen LogP contribution in [0.15, 0.2) is 36.5 Å². The van der Waals surface area contributed by atoms with E-state index in [4.69, 9.17) is 4.74 Å². The molecular weight excluding hydrogens is 392 g/mol. The molecule has 0 aliphatic rings. The first-order valence-corrected chi connectivity index (χ1v) is 9.82. The third-order valence-electron chi connectivity index (χ3n) is 5.28. The van der Waals surface area contributed by atoms with Gasteiger partial charge in [0.2, 0.25) is 0 Å². The van der Waals surface area contributed by atoms with Gasteiger partial charge in [-0.1, -0.05) is 26.3 Å². The van der Waals surface area contributed by atoms with Gasteiger partial charge >= 0.3 is 0 Å². The van der Waals surface area contributed by atoms with Crippen LogP contribution in [0.25, 0.3) is 5.65 Å². The molecule has 2 aromatic heterocycles. The monoisotopic (exact) mass is 417 g/mol. The molecule has 6 nitrogen and oxygen atoms in total. The van der Waals surface area contributed by atoms with Crippen LogP contribution in [0.1, 0.15) is 42.0 Å². The zero-order chi connectivity index (χ0) is 21.8. The van der Waals surface area contributed by atoms with Gasteiger partial charge in [-0.3, -0.25) is 9.20 Å². The molecule has 3 aromatic rings. The van der Waals surface area contributed by atoms with Crippen molar-refractivity contribution in [3.63, 3.8) is 0 Å². The molecule has 8 heteroatoms. The number of hydrogen-bond donors (Lipinski definition) is 2. The average Bonchev–Trinajstić information content (AvgIpc) is 3.07. The minimum atomic E-state index is -0.693. The van der Waals surface area contributed by atoms with Gasteiger partial charge in [-0.25, -0.2) is 13.8 Å². The summed E-state index contributed by atoms with van der Waals surface area (Å²) in [6, 6.07) is 6.53. The van der Waals surface area contributed by atoms with E-state index in [0.717, 1.165) is 6.42 Å². The molecule has 0 aliphatic carbocycles. The molecule has 2 N–H and O–H groups in total. The van der Waals surface area contributed by atoms with Gasteiger partial charge in [0.15, 0.2) is 11.4 Å². The minimum absolute atomic E-state index is 0.105. The van der Waals surface area contributed by atoms with Crippen molar-refractivity contribution in [3.05, 3.63) is 65.1 Å². The molecule has 160 valence electrons. The fourth-order valence-corrected chi connectivity index (χ4v) is 3.25. The van der Waals surface area contributed by atoms with Gasteiger partial charge < -0.3 is 15.2 Å². The first-order valence-electron chi connectivity index (χ1n) is 9.82. The number of ether oxygens (including phenoxy) is 1. The summed E-state index contributed by atoms with van der Waals surface area (Å²) in [6.07, 6.45) is 2.47. The molecule has 3 rings (SSSR count). The van der Waals surface area contributed by atoms with E-state index in [9.17, 15) is 18.7 Å².